The Morgan fingerprint density at radius 2 is 1.91 bits per heavy atom. The molecule has 1 aliphatic carbocycles. The first-order chi connectivity index (χ1) is 15.3. The first kappa shape index (κ1) is 22.5. The summed E-state index contributed by atoms with van der Waals surface area (Å²) in [7, 11) is -3.72. The van der Waals surface area contributed by atoms with Gasteiger partial charge in [0.15, 0.2) is 5.13 Å². The van der Waals surface area contributed by atoms with Gasteiger partial charge in [-0.15, -0.1) is 11.3 Å². The Labute approximate surface area is 188 Å². The van der Waals surface area contributed by atoms with E-state index >= 15 is 0 Å². The first-order valence-corrected chi connectivity index (χ1v) is 12.4. The van der Waals surface area contributed by atoms with Crippen LogP contribution in [0.1, 0.15) is 46.5 Å². The molecule has 0 radical (unpaired) electrons. The van der Waals surface area contributed by atoms with Crippen LogP contribution in [0.5, 0.6) is 0 Å². The maximum atomic E-state index is 13.9. The van der Waals surface area contributed by atoms with Crippen LogP contribution in [0.4, 0.5) is 13.9 Å². The van der Waals surface area contributed by atoms with E-state index in [1.165, 1.54) is 42.6 Å². The quantitative estimate of drug-likeness (QED) is 0.525. The number of hydrogen-bond acceptors (Lipinski definition) is 5. The second-order valence-corrected chi connectivity index (χ2v) is 10.5. The van der Waals surface area contributed by atoms with Gasteiger partial charge >= 0.3 is 0 Å². The van der Waals surface area contributed by atoms with Gasteiger partial charge in [-0.2, -0.15) is 0 Å². The average molecular weight is 478 g/mol. The van der Waals surface area contributed by atoms with Crippen LogP contribution >= 0.6 is 11.3 Å². The molecular formula is C22H21F2N3O3S2. The number of anilines is 1. The van der Waals surface area contributed by atoms with E-state index < -0.39 is 27.6 Å². The summed E-state index contributed by atoms with van der Waals surface area (Å²) in [5.41, 5.74) is 0.501. The van der Waals surface area contributed by atoms with Gasteiger partial charge in [-0.1, -0.05) is 25.0 Å². The van der Waals surface area contributed by atoms with E-state index in [0.29, 0.717) is 15.6 Å². The zero-order chi connectivity index (χ0) is 22.7. The lowest BCUT2D eigenvalue weighted by molar-refractivity contribution is 0.102. The van der Waals surface area contributed by atoms with Crippen LogP contribution in [-0.2, 0) is 16.4 Å². The van der Waals surface area contributed by atoms with E-state index in [9.17, 15) is 22.0 Å². The van der Waals surface area contributed by atoms with Gasteiger partial charge in [0.1, 0.15) is 11.6 Å². The lowest BCUT2D eigenvalue weighted by atomic mass is 10.1. The van der Waals surface area contributed by atoms with Crippen LogP contribution in [0.25, 0.3) is 0 Å². The molecule has 1 aliphatic rings. The summed E-state index contributed by atoms with van der Waals surface area (Å²) in [6.07, 6.45) is 5.34. The van der Waals surface area contributed by atoms with Crippen LogP contribution in [0.3, 0.4) is 0 Å². The van der Waals surface area contributed by atoms with Crippen LogP contribution < -0.4 is 10.0 Å². The summed E-state index contributed by atoms with van der Waals surface area (Å²) in [5, 5.41) is 2.94. The minimum atomic E-state index is -3.72. The molecule has 1 saturated carbocycles. The molecular weight excluding hydrogens is 456 g/mol. The summed E-state index contributed by atoms with van der Waals surface area (Å²) >= 11 is 1.16. The number of thiazole rings is 1. The lowest BCUT2D eigenvalue weighted by Crippen LogP contribution is -2.32. The number of carbonyl (C=O) groups excluding carboxylic acids is 1. The number of rotatable bonds is 7. The minimum Gasteiger partial charge on any atom is -0.298 e. The first-order valence-electron chi connectivity index (χ1n) is 10.1. The third-order valence-corrected chi connectivity index (χ3v) is 7.67. The predicted octanol–water partition coefficient (Wildman–Crippen LogP) is 4.49. The fraction of sp³-hybridized carbons (Fsp3) is 0.273. The molecule has 2 N–H and O–H groups in total. The Kier molecular flexibility index (Phi) is 6.63. The maximum absolute atomic E-state index is 13.9. The smallest absolute Gasteiger partial charge is 0.257 e. The highest BCUT2D eigenvalue weighted by molar-refractivity contribution is 7.89. The summed E-state index contributed by atoms with van der Waals surface area (Å²) in [6, 6.07) is 9.12. The molecule has 1 heterocycles. The number of nitrogens with one attached hydrogen (secondary N) is 2. The highest BCUT2D eigenvalue weighted by Gasteiger charge is 2.23. The van der Waals surface area contributed by atoms with Crippen LogP contribution in [-0.4, -0.2) is 25.4 Å². The topological polar surface area (TPSA) is 88.2 Å². The second-order valence-electron chi connectivity index (χ2n) is 7.63. The molecule has 0 aliphatic heterocycles. The zero-order valence-electron chi connectivity index (χ0n) is 17.0. The van der Waals surface area contributed by atoms with Gasteiger partial charge in [-0.25, -0.2) is 26.9 Å². The van der Waals surface area contributed by atoms with Crippen molar-refractivity contribution in [1.29, 1.82) is 0 Å². The summed E-state index contributed by atoms with van der Waals surface area (Å²) in [4.78, 5) is 17.5. The molecule has 3 aromatic rings. The molecule has 0 unspecified atom stereocenters. The van der Waals surface area contributed by atoms with Crippen molar-refractivity contribution in [3.63, 3.8) is 0 Å². The minimum absolute atomic E-state index is 0.0312. The normalized spacial score (nSPS) is 14.6. The highest BCUT2D eigenvalue weighted by atomic mass is 32.2. The van der Waals surface area contributed by atoms with Crippen LogP contribution in [0.15, 0.2) is 53.6 Å². The molecule has 0 spiro atoms. The fourth-order valence-corrected chi connectivity index (χ4v) is 5.79. The number of amides is 1. The second kappa shape index (κ2) is 9.43. The third-order valence-electron chi connectivity index (χ3n) is 5.24. The zero-order valence-corrected chi connectivity index (χ0v) is 18.6. The van der Waals surface area contributed by atoms with Gasteiger partial charge in [0, 0.05) is 35.2 Å². The molecule has 10 heteroatoms. The molecule has 1 amide bonds. The Hall–Kier alpha value is -2.69. The molecule has 1 fully saturated rings. The molecule has 1 aromatic heterocycles. The standard InChI is InChI=1S/C22H21F2N3O3S2/c23-16-9-8-14(20(24)12-16)10-18-13-25-22(31-18)26-21(28)15-4-3-7-19(11-15)32(29,30)27-17-5-1-2-6-17/h3-4,7-9,11-13,17,27H,1-2,5-6,10H2,(H,25,26,28). The number of benzene rings is 2. The molecule has 6 nitrogen and oxygen atoms in total. The van der Waals surface area contributed by atoms with Crippen molar-refractivity contribution in [2.75, 3.05) is 5.32 Å². The Bertz CT molecular complexity index is 1240. The molecule has 4 rings (SSSR count). The highest BCUT2D eigenvalue weighted by Crippen LogP contribution is 2.24. The fourth-order valence-electron chi connectivity index (χ4n) is 3.60. The van der Waals surface area contributed by atoms with Crippen molar-refractivity contribution in [3.8, 4) is 0 Å². The number of halogens is 2. The molecule has 32 heavy (non-hydrogen) atoms. The van der Waals surface area contributed by atoms with Crippen LogP contribution in [0, 0.1) is 11.6 Å². The summed E-state index contributed by atoms with van der Waals surface area (Å²) in [6.45, 7) is 0. The monoisotopic (exact) mass is 477 g/mol. The average Bonchev–Trinajstić information content (AvgIpc) is 3.42. The van der Waals surface area contributed by atoms with E-state index in [2.05, 4.69) is 15.0 Å². The maximum Gasteiger partial charge on any atom is 0.257 e. The van der Waals surface area contributed by atoms with Gasteiger partial charge in [-0.3, -0.25) is 10.1 Å². The van der Waals surface area contributed by atoms with E-state index in [1.807, 2.05) is 0 Å². The third kappa shape index (κ3) is 5.37. The number of nitrogens with zero attached hydrogens (tertiary/aromatic N) is 1. The SMILES string of the molecule is O=C(Nc1ncc(Cc2ccc(F)cc2F)s1)c1cccc(S(=O)(=O)NC2CCCC2)c1. The number of carbonyl (C=O) groups is 1. The van der Waals surface area contributed by atoms with Crippen molar-refractivity contribution in [1.82, 2.24) is 9.71 Å². The largest absolute Gasteiger partial charge is 0.298 e. The van der Waals surface area contributed by atoms with E-state index in [0.717, 1.165) is 43.1 Å². The molecule has 0 atom stereocenters. The number of sulfonamides is 1. The molecule has 0 saturated heterocycles. The van der Waals surface area contributed by atoms with Crippen molar-refractivity contribution in [2.24, 2.45) is 0 Å². The Morgan fingerprint density at radius 3 is 2.66 bits per heavy atom. The number of hydrogen-bond donors (Lipinski definition) is 2. The van der Waals surface area contributed by atoms with Gasteiger partial charge < -0.3 is 0 Å². The predicted molar refractivity (Wildman–Crippen MR) is 118 cm³/mol. The molecule has 0 bridgehead atoms. The summed E-state index contributed by atoms with van der Waals surface area (Å²) in [5.74, 6) is -1.80. The van der Waals surface area contributed by atoms with Crippen molar-refractivity contribution >= 4 is 32.4 Å². The van der Waals surface area contributed by atoms with Crippen molar-refractivity contribution in [3.05, 3.63) is 76.3 Å². The van der Waals surface area contributed by atoms with E-state index in [4.69, 9.17) is 0 Å². The van der Waals surface area contributed by atoms with E-state index in [-0.39, 0.29) is 22.9 Å². The van der Waals surface area contributed by atoms with Crippen molar-refractivity contribution < 1.29 is 22.0 Å². The molecule has 2 aromatic carbocycles. The van der Waals surface area contributed by atoms with E-state index in [1.54, 1.807) is 0 Å². The Morgan fingerprint density at radius 1 is 1.12 bits per heavy atom. The van der Waals surface area contributed by atoms with Gasteiger partial charge in [-0.05, 0) is 42.7 Å². The van der Waals surface area contributed by atoms with Crippen LogP contribution in [0.2, 0.25) is 0 Å². The van der Waals surface area contributed by atoms with Gasteiger partial charge in [0.25, 0.3) is 5.91 Å². The van der Waals surface area contributed by atoms with Crippen molar-refractivity contribution in [2.45, 2.75) is 43.0 Å². The lowest BCUT2D eigenvalue weighted by Gasteiger charge is -2.13. The number of aromatic nitrogens is 1. The molecule has 168 valence electrons. The van der Waals surface area contributed by atoms with Gasteiger partial charge in [0.2, 0.25) is 10.0 Å². The summed E-state index contributed by atoms with van der Waals surface area (Å²) < 4.78 is 54.9. The Balaban J connectivity index is 1.43. The van der Waals surface area contributed by atoms with Gasteiger partial charge in [0.05, 0.1) is 4.90 Å².